The third kappa shape index (κ3) is 4.86. The highest BCUT2D eigenvalue weighted by Crippen LogP contribution is 2.39. The highest BCUT2D eigenvalue weighted by molar-refractivity contribution is 5.84. The molecule has 0 aromatic heterocycles. The van der Waals surface area contributed by atoms with Crippen molar-refractivity contribution < 1.29 is 4.74 Å². The summed E-state index contributed by atoms with van der Waals surface area (Å²) in [6, 6.07) is 24.4. The first-order valence-electron chi connectivity index (χ1n) is 12.4. The highest BCUT2D eigenvalue weighted by Gasteiger charge is 2.30. The molecule has 1 saturated heterocycles. The van der Waals surface area contributed by atoms with E-state index in [-0.39, 0.29) is 0 Å². The van der Waals surface area contributed by atoms with E-state index in [1.165, 1.54) is 47.6 Å². The number of fused-ring (bicyclic) bond motifs is 1. The Morgan fingerprint density at radius 1 is 0.812 bits per heavy atom. The lowest BCUT2D eigenvalue weighted by molar-refractivity contribution is 0.0883. The summed E-state index contributed by atoms with van der Waals surface area (Å²) >= 11 is 0. The molecular formula is C30H37NO. The van der Waals surface area contributed by atoms with Crippen molar-refractivity contribution in [3.63, 3.8) is 0 Å². The van der Waals surface area contributed by atoms with E-state index in [4.69, 9.17) is 4.74 Å². The van der Waals surface area contributed by atoms with E-state index in [0.29, 0.717) is 17.4 Å². The molecule has 2 heteroatoms. The van der Waals surface area contributed by atoms with Crippen molar-refractivity contribution in [3.8, 4) is 5.75 Å². The summed E-state index contributed by atoms with van der Waals surface area (Å²) in [7, 11) is 0. The van der Waals surface area contributed by atoms with Gasteiger partial charge in [0.1, 0.15) is 5.75 Å². The summed E-state index contributed by atoms with van der Waals surface area (Å²) < 4.78 is 6.39. The Hall–Kier alpha value is -2.32. The van der Waals surface area contributed by atoms with Crippen molar-refractivity contribution in [1.82, 2.24) is 4.90 Å². The van der Waals surface area contributed by atoms with E-state index in [1.54, 1.807) is 0 Å². The van der Waals surface area contributed by atoms with Crippen LogP contribution in [0.2, 0.25) is 0 Å². The maximum atomic E-state index is 6.39. The number of likely N-dealkylation sites (tertiary alicyclic amines) is 1. The quantitative estimate of drug-likeness (QED) is 0.420. The number of rotatable bonds is 5. The van der Waals surface area contributed by atoms with E-state index in [1.807, 2.05) is 0 Å². The predicted molar refractivity (Wildman–Crippen MR) is 134 cm³/mol. The van der Waals surface area contributed by atoms with Crippen LogP contribution in [0, 0.1) is 11.3 Å². The van der Waals surface area contributed by atoms with Gasteiger partial charge in [-0.25, -0.2) is 0 Å². The van der Waals surface area contributed by atoms with Crippen LogP contribution in [0.25, 0.3) is 10.8 Å². The molecule has 2 nitrogen and oxygen atoms in total. The van der Waals surface area contributed by atoms with Gasteiger partial charge in [-0.1, -0.05) is 69.3 Å². The first kappa shape index (κ1) is 21.5. The molecule has 0 N–H and O–H groups in total. The molecule has 2 fully saturated rings. The lowest BCUT2D eigenvalue weighted by Crippen LogP contribution is -2.44. The van der Waals surface area contributed by atoms with Gasteiger partial charge in [0.05, 0.1) is 6.10 Å². The van der Waals surface area contributed by atoms with Gasteiger partial charge in [-0.05, 0) is 77.1 Å². The number of benzene rings is 3. The molecule has 1 saturated carbocycles. The van der Waals surface area contributed by atoms with E-state index < -0.39 is 0 Å². The Kier molecular flexibility index (Phi) is 5.99. The SMILES string of the molecule is CC(C)(C)[C@H]1CC[C@H](Oc2ccc3cc(CN4CC(c5ccccc5)C4)ccc3c2)CC1. The topological polar surface area (TPSA) is 12.5 Å². The lowest BCUT2D eigenvalue weighted by atomic mass is 9.72. The number of nitrogens with zero attached hydrogens (tertiary/aromatic N) is 1. The molecule has 0 atom stereocenters. The van der Waals surface area contributed by atoms with Gasteiger partial charge < -0.3 is 4.74 Å². The van der Waals surface area contributed by atoms with Crippen molar-refractivity contribution in [3.05, 3.63) is 77.9 Å². The zero-order valence-electron chi connectivity index (χ0n) is 19.9. The fraction of sp³-hybridized carbons (Fsp3) is 0.467. The molecule has 3 aromatic carbocycles. The second-order valence-electron chi connectivity index (χ2n) is 11.1. The molecule has 0 spiro atoms. The largest absolute Gasteiger partial charge is 0.490 e. The summed E-state index contributed by atoms with van der Waals surface area (Å²) in [4.78, 5) is 2.55. The minimum absolute atomic E-state index is 0.370. The molecule has 168 valence electrons. The van der Waals surface area contributed by atoms with Crippen LogP contribution < -0.4 is 4.74 Å². The van der Waals surface area contributed by atoms with Crippen molar-refractivity contribution >= 4 is 10.8 Å². The normalized spacial score (nSPS) is 22.6. The van der Waals surface area contributed by atoms with E-state index in [0.717, 1.165) is 31.3 Å². The van der Waals surface area contributed by atoms with Gasteiger partial charge in [-0.3, -0.25) is 4.90 Å². The highest BCUT2D eigenvalue weighted by atomic mass is 16.5. The van der Waals surface area contributed by atoms with Crippen molar-refractivity contribution in [2.45, 2.75) is 65.0 Å². The van der Waals surface area contributed by atoms with Crippen molar-refractivity contribution in [1.29, 1.82) is 0 Å². The van der Waals surface area contributed by atoms with Gasteiger partial charge in [-0.15, -0.1) is 0 Å². The summed E-state index contributed by atoms with van der Waals surface area (Å²) in [6.45, 7) is 10.5. The average Bonchev–Trinajstić information content (AvgIpc) is 2.76. The lowest BCUT2D eigenvalue weighted by Gasteiger charge is -2.39. The molecule has 0 amide bonds. The third-order valence-electron chi connectivity index (χ3n) is 7.71. The fourth-order valence-corrected chi connectivity index (χ4v) is 5.58. The average molecular weight is 428 g/mol. The Balaban J connectivity index is 1.16. The van der Waals surface area contributed by atoms with Gasteiger partial charge >= 0.3 is 0 Å². The van der Waals surface area contributed by atoms with Crippen LogP contribution in [-0.2, 0) is 6.54 Å². The monoisotopic (exact) mass is 427 g/mol. The standard InChI is InChI=1S/C30H37NO/c1-30(2,3)27-12-15-28(16-13-27)32-29-14-11-24-17-22(9-10-25(24)18-29)19-31-20-26(21-31)23-7-5-4-6-8-23/h4-11,14,17-18,26-28H,12-13,15-16,19-21H2,1-3H3/t27-,28-. The molecule has 1 aliphatic carbocycles. The molecule has 3 aromatic rings. The molecule has 1 heterocycles. The first-order valence-corrected chi connectivity index (χ1v) is 12.4. The van der Waals surface area contributed by atoms with Crippen LogP contribution in [0.1, 0.15) is 63.5 Å². The summed E-state index contributed by atoms with van der Waals surface area (Å²) in [6.07, 6.45) is 5.30. The van der Waals surface area contributed by atoms with Crippen LogP contribution in [0.4, 0.5) is 0 Å². The molecule has 5 rings (SSSR count). The van der Waals surface area contributed by atoms with Crippen molar-refractivity contribution in [2.75, 3.05) is 13.1 Å². The molecule has 0 unspecified atom stereocenters. The van der Waals surface area contributed by atoms with Crippen molar-refractivity contribution in [2.24, 2.45) is 11.3 Å². The minimum Gasteiger partial charge on any atom is -0.490 e. The predicted octanol–water partition coefficient (Wildman–Crippen LogP) is 7.42. The van der Waals surface area contributed by atoms with E-state index in [9.17, 15) is 0 Å². The first-order chi connectivity index (χ1) is 15.4. The zero-order chi connectivity index (χ0) is 22.1. The van der Waals surface area contributed by atoms with E-state index in [2.05, 4.69) is 92.4 Å². The maximum Gasteiger partial charge on any atom is 0.120 e. The maximum absolute atomic E-state index is 6.39. The van der Waals surface area contributed by atoms with Gasteiger partial charge in [0.25, 0.3) is 0 Å². The Labute approximate surface area is 193 Å². The second-order valence-corrected chi connectivity index (χ2v) is 11.1. The molecule has 0 bridgehead atoms. The number of ether oxygens (including phenoxy) is 1. The minimum atomic E-state index is 0.370. The van der Waals surface area contributed by atoms with Crippen LogP contribution >= 0.6 is 0 Å². The van der Waals surface area contributed by atoms with Gasteiger partial charge in [0.2, 0.25) is 0 Å². The molecule has 32 heavy (non-hydrogen) atoms. The summed E-state index contributed by atoms with van der Waals surface area (Å²) in [5.74, 6) is 2.54. The molecule has 0 radical (unpaired) electrons. The molecular weight excluding hydrogens is 390 g/mol. The second kappa shape index (κ2) is 8.90. The molecule has 1 aliphatic heterocycles. The summed E-state index contributed by atoms with van der Waals surface area (Å²) in [5.41, 5.74) is 3.30. The number of hydrogen-bond donors (Lipinski definition) is 0. The third-order valence-corrected chi connectivity index (χ3v) is 7.71. The van der Waals surface area contributed by atoms with E-state index >= 15 is 0 Å². The van der Waals surface area contributed by atoms with Gasteiger partial charge in [0.15, 0.2) is 0 Å². The van der Waals surface area contributed by atoms with Gasteiger partial charge in [-0.2, -0.15) is 0 Å². The zero-order valence-corrected chi connectivity index (χ0v) is 19.9. The van der Waals surface area contributed by atoms with Crippen LogP contribution in [0.15, 0.2) is 66.7 Å². The van der Waals surface area contributed by atoms with Crippen LogP contribution in [0.5, 0.6) is 5.75 Å². The Bertz CT molecular complexity index is 1040. The fourth-order valence-electron chi connectivity index (χ4n) is 5.58. The summed E-state index contributed by atoms with van der Waals surface area (Å²) in [5, 5.41) is 2.59. The van der Waals surface area contributed by atoms with Crippen LogP contribution in [-0.4, -0.2) is 24.1 Å². The Morgan fingerprint density at radius 3 is 2.22 bits per heavy atom. The van der Waals surface area contributed by atoms with Gasteiger partial charge in [0, 0.05) is 25.6 Å². The van der Waals surface area contributed by atoms with Crippen LogP contribution in [0.3, 0.4) is 0 Å². The molecule has 2 aliphatic rings. The Morgan fingerprint density at radius 2 is 1.50 bits per heavy atom. The number of hydrogen-bond acceptors (Lipinski definition) is 2. The smallest absolute Gasteiger partial charge is 0.120 e.